The Hall–Kier alpha value is 0.130. The molecule has 0 bridgehead atoms. The van der Waals surface area contributed by atoms with E-state index in [1.165, 1.54) is 0 Å². The second-order valence-electron chi connectivity index (χ2n) is 1.37. The molecule has 0 radical (unpaired) electrons. The van der Waals surface area contributed by atoms with Crippen LogP contribution in [-0.2, 0) is 0 Å². The van der Waals surface area contributed by atoms with Crippen LogP contribution in [0.25, 0.3) is 0 Å². The van der Waals surface area contributed by atoms with Gasteiger partial charge in [-0.3, -0.25) is 0 Å². The fraction of sp³-hybridized carbons (Fsp3) is 0.667. The lowest BCUT2D eigenvalue weighted by Gasteiger charge is -2.12. The summed E-state index contributed by atoms with van der Waals surface area (Å²) in [4.78, 5) is 0. The van der Waals surface area contributed by atoms with Gasteiger partial charge in [0.1, 0.15) is 5.37 Å². The fourth-order valence-electron chi connectivity index (χ4n) is 0.424. The summed E-state index contributed by atoms with van der Waals surface area (Å²) < 4.78 is 1.56. The van der Waals surface area contributed by atoms with Gasteiger partial charge in [-0.1, -0.05) is 11.8 Å². The molecule has 46 valence electrons. The Morgan fingerprint density at radius 1 is 2.00 bits per heavy atom. The smallest absolute Gasteiger partial charge is 0.122 e. The summed E-state index contributed by atoms with van der Waals surface area (Å²) in [6.07, 6.45) is 0. The molecule has 0 aliphatic carbocycles. The third-order valence-electron chi connectivity index (χ3n) is 0.843. The Balaban J connectivity index is 2.38. The zero-order valence-corrected chi connectivity index (χ0v) is 5.90. The van der Waals surface area contributed by atoms with Gasteiger partial charge in [-0.05, 0) is 12.8 Å². The molecule has 1 unspecified atom stereocenters. The molecule has 0 aromatic heterocycles. The van der Waals surface area contributed by atoms with Crippen molar-refractivity contribution in [3.8, 4) is 0 Å². The summed E-state index contributed by atoms with van der Waals surface area (Å²) in [5, 5.41) is 4.08. The number of nitrogens with two attached hydrogens (primary N) is 1. The van der Waals surface area contributed by atoms with Gasteiger partial charge in [-0.15, -0.1) is 0 Å². The molecule has 0 saturated heterocycles. The Labute approximate surface area is 57.8 Å². The molecule has 0 saturated carbocycles. The summed E-state index contributed by atoms with van der Waals surface area (Å²) >= 11 is 5.59. The number of thioether (sulfide) groups is 1. The van der Waals surface area contributed by atoms with Crippen LogP contribution in [0.4, 0.5) is 0 Å². The highest BCUT2D eigenvalue weighted by Crippen LogP contribution is 2.20. The lowest BCUT2D eigenvalue weighted by Crippen LogP contribution is -2.24. The van der Waals surface area contributed by atoms with Crippen LogP contribution < -0.4 is 5.73 Å². The van der Waals surface area contributed by atoms with Gasteiger partial charge in [0.25, 0.3) is 0 Å². The third-order valence-corrected chi connectivity index (χ3v) is 2.30. The molecule has 0 aromatic rings. The molecule has 5 heteroatoms. The van der Waals surface area contributed by atoms with Crippen LogP contribution in [0.15, 0.2) is 5.10 Å². The quantitative estimate of drug-likeness (QED) is 0.520. The molecular weight excluding hydrogens is 142 g/mol. The van der Waals surface area contributed by atoms with Crippen molar-refractivity contribution in [2.75, 3.05) is 6.54 Å². The standard InChI is InChI=1S/C3H7N3S2/c4-1-3-6(7)5-2-8-3/h2-3,7H,1,4H2. The first kappa shape index (κ1) is 6.25. The van der Waals surface area contributed by atoms with Crippen molar-refractivity contribution >= 4 is 30.1 Å². The van der Waals surface area contributed by atoms with Gasteiger partial charge < -0.3 is 5.73 Å². The van der Waals surface area contributed by atoms with Gasteiger partial charge in [-0.25, -0.2) is 4.41 Å². The molecule has 2 N–H and O–H groups in total. The van der Waals surface area contributed by atoms with Gasteiger partial charge in [-0.2, -0.15) is 5.10 Å². The Kier molecular flexibility index (Phi) is 2.04. The normalized spacial score (nSPS) is 27.2. The van der Waals surface area contributed by atoms with Crippen molar-refractivity contribution in [2.45, 2.75) is 5.37 Å². The number of hydrogen-bond donors (Lipinski definition) is 2. The molecule has 1 atom stereocenters. The largest absolute Gasteiger partial charge is 0.328 e. The number of hydrazone groups is 1. The molecule has 3 nitrogen and oxygen atoms in total. The summed E-state index contributed by atoms with van der Waals surface area (Å²) in [5.74, 6) is 0. The highest BCUT2D eigenvalue weighted by atomic mass is 32.2. The van der Waals surface area contributed by atoms with Crippen molar-refractivity contribution in [3.63, 3.8) is 0 Å². The van der Waals surface area contributed by atoms with E-state index in [0.29, 0.717) is 6.54 Å². The van der Waals surface area contributed by atoms with Gasteiger partial charge >= 0.3 is 0 Å². The first-order valence-electron chi connectivity index (χ1n) is 2.20. The lowest BCUT2D eigenvalue weighted by molar-refractivity contribution is 0.497. The van der Waals surface area contributed by atoms with E-state index >= 15 is 0 Å². The predicted octanol–water partition coefficient (Wildman–Crippen LogP) is 0.108. The molecule has 0 spiro atoms. The van der Waals surface area contributed by atoms with E-state index in [0.717, 1.165) is 0 Å². The third kappa shape index (κ3) is 1.10. The SMILES string of the molecule is NCC1SC=NN1S. The number of hydrogen-bond acceptors (Lipinski definition) is 5. The summed E-state index contributed by atoms with van der Waals surface area (Å²) in [6, 6.07) is 0. The minimum atomic E-state index is 0.235. The van der Waals surface area contributed by atoms with Gasteiger partial charge in [0.2, 0.25) is 0 Å². The van der Waals surface area contributed by atoms with Crippen molar-refractivity contribution in [2.24, 2.45) is 10.8 Å². The van der Waals surface area contributed by atoms with Crippen LogP contribution in [0.2, 0.25) is 0 Å². The van der Waals surface area contributed by atoms with Crippen molar-refractivity contribution in [1.29, 1.82) is 0 Å². The van der Waals surface area contributed by atoms with E-state index in [1.807, 2.05) is 0 Å². The minimum Gasteiger partial charge on any atom is -0.328 e. The van der Waals surface area contributed by atoms with Crippen molar-refractivity contribution in [3.05, 3.63) is 0 Å². The zero-order valence-electron chi connectivity index (χ0n) is 4.19. The van der Waals surface area contributed by atoms with Crippen molar-refractivity contribution in [1.82, 2.24) is 4.41 Å². The van der Waals surface area contributed by atoms with Crippen LogP contribution in [0, 0.1) is 0 Å². The molecule has 1 aliphatic rings. The Bertz CT molecular complexity index is 105. The topological polar surface area (TPSA) is 41.6 Å². The van der Waals surface area contributed by atoms with E-state index in [2.05, 4.69) is 17.9 Å². The first-order valence-corrected chi connectivity index (χ1v) is 3.55. The molecule has 0 fully saturated rings. The van der Waals surface area contributed by atoms with E-state index in [9.17, 15) is 0 Å². The van der Waals surface area contributed by atoms with Crippen LogP contribution in [0.3, 0.4) is 0 Å². The van der Waals surface area contributed by atoms with E-state index < -0.39 is 0 Å². The maximum atomic E-state index is 5.33. The monoisotopic (exact) mass is 149 g/mol. The second-order valence-corrected chi connectivity index (χ2v) is 2.80. The summed E-state index contributed by atoms with van der Waals surface area (Å²) in [5.41, 5.74) is 7.07. The highest BCUT2D eigenvalue weighted by molar-refractivity contribution is 8.13. The lowest BCUT2D eigenvalue weighted by atomic mass is 10.7. The maximum Gasteiger partial charge on any atom is 0.122 e. The van der Waals surface area contributed by atoms with E-state index in [-0.39, 0.29) is 5.37 Å². The molecule has 1 aliphatic heterocycles. The molecular formula is C3H7N3S2. The zero-order chi connectivity index (χ0) is 5.98. The van der Waals surface area contributed by atoms with Crippen LogP contribution in [0.5, 0.6) is 0 Å². The van der Waals surface area contributed by atoms with Crippen molar-refractivity contribution < 1.29 is 0 Å². The van der Waals surface area contributed by atoms with Gasteiger partial charge in [0.05, 0.1) is 5.55 Å². The fourth-order valence-corrected chi connectivity index (χ4v) is 1.37. The Morgan fingerprint density at radius 3 is 3.00 bits per heavy atom. The van der Waals surface area contributed by atoms with Gasteiger partial charge in [0.15, 0.2) is 0 Å². The van der Waals surface area contributed by atoms with E-state index in [4.69, 9.17) is 5.73 Å². The minimum absolute atomic E-state index is 0.235. The molecule has 0 aromatic carbocycles. The average molecular weight is 149 g/mol. The number of nitrogens with zero attached hydrogens (tertiary/aromatic N) is 2. The number of rotatable bonds is 1. The summed E-state index contributed by atoms with van der Waals surface area (Å²) in [7, 11) is 0. The highest BCUT2D eigenvalue weighted by Gasteiger charge is 2.15. The van der Waals surface area contributed by atoms with Crippen LogP contribution >= 0.6 is 24.6 Å². The Morgan fingerprint density at radius 2 is 2.75 bits per heavy atom. The average Bonchev–Trinajstić information content (AvgIpc) is 2.14. The molecule has 1 rings (SSSR count). The molecule has 0 amide bonds. The number of thiol groups is 1. The molecule has 1 heterocycles. The maximum absolute atomic E-state index is 5.33. The predicted molar refractivity (Wildman–Crippen MR) is 39.8 cm³/mol. The molecule has 8 heavy (non-hydrogen) atoms. The van der Waals surface area contributed by atoms with E-state index in [1.54, 1.807) is 21.7 Å². The van der Waals surface area contributed by atoms with Gasteiger partial charge in [0, 0.05) is 6.54 Å². The van der Waals surface area contributed by atoms with Crippen LogP contribution in [0.1, 0.15) is 0 Å². The summed E-state index contributed by atoms with van der Waals surface area (Å²) in [6.45, 7) is 0.591. The van der Waals surface area contributed by atoms with Crippen LogP contribution in [-0.4, -0.2) is 21.9 Å². The second kappa shape index (κ2) is 2.61. The first-order chi connectivity index (χ1) is 3.84.